The van der Waals surface area contributed by atoms with Crippen LogP contribution in [-0.4, -0.2) is 18.0 Å². The second-order valence-corrected chi connectivity index (χ2v) is 7.36. The van der Waals surface area contributed by atoms with Gasteiger partial charge in [0.15, 0.2) is 5.03 Å². The van der Waals surface area contributed by atoms with E-state index in [-0.39, 0.29) is 5.03 Å². The summed E-state index contributed by atoms with van der Waals surface area (Å²) in [4.78, 5) is 4.11. The van der Waals surface area contributed by atoms with Crippen LogP contribution in [0.25, 0.3) is 0 Å². The Balaban J connectivity index is 2.34. The number of aromatic nitrogens is 2. The molecule has 1 N–H and O–H groups in total. The van der Waals surface area contributed by atoms with E-state index in [1.807, 2.05) is 11.5 Å². The van der Waals surface area contributed by atoms with Crippen molar-refractivity contribution in [3.05, 3.63) is 39.7 Å². The maximum absolute atomic E-state index is 12.4. The van der Waals surface area contributed by atoms with E-state index in [0.717, 1.165) is 13.0 Å². The number of benzene rings is 1. The summed E-state index contributed by atoms with van der Waals surface area (Å²) in [6.45, 7) is 4.54. The molecule has 0 atom stereocenters. The Morgan fingerprint density at radius 1 is 1.43 bits per heavy atom. The molecule has 0 aliphatic heterocycles. The first-order valence-corrected chi connectivity index (χ1v) is 9.01. The van der Waals surface area contributed by atoms with E-state index < -0.39 is 10.0 Å². The Morgan fingerprint density at radius 3 is 2.81 bits per heavy atom. The third-order valence-corrected chi connectivity index (χ3v) is 5.52. The molecule has 0 aliphatic rings. The lowest BCUT2D eigenvalue weighted by molar-refractivity contribution is 0.597. The molecule has 0 aliphatic carbocycles. The first-order chi connectivity index (χ1) is 9.85. The summed E-state index contributed by atoms with van der Waals surface area (Å²) in [6, 6.07) is 4.97. The molecule has 0 fully saturated rings. The van der Waals surface area contributed by atoms with Gasteiger partial charge in [0.05, 0.1) is 15.2 Å². The number of imidazole rings is 1. The van der Waals surface area contributed by atoms with Gasteiger partial charge < -0.3 is 4.57 Å². The van der Waals surface area contributed by atoms with Crippen LogP contribution in [0.3, 0.4) is 0 Å². The summed E-state index contributed by atoms with van der Waals surface area (Å²) in [6.07, 6.45) is 2.45. The molecule has 2 rings (SSSR count). The van der Waals surface area contributed by atoms with E-state index in [0.29, 0.717) is 21.0 Å². The van der Waals surface area contributed by atoms with Gasteiger partial charge in [-0.2, -0.15) is 8.42 Å². The average Bonchev–Trinajstić information content (AvgIpc) is 2.78. The molecule has 0 bridgehead atoms. The van der Waals surface area contributed by atoms with Crippen molar-refractivity contribution >= 4 is 43.2 Å². The minimum atomic E-state index is -3.74. The predicted molar refractivity (Wildman–Crippen MR) is 87.2 cm³/mol. The first-order valence-electron chi connectivity index (χ1n) is 6.35. The Kier molecular flexibility index (Phi) is 4.95. The van der Waals surface area contributed by atoms with Crippen molar-refractivity contribution < 1.29 is 8.42 Å². The van der Waals surface area contributed by atoms with E-state index in [2.05, 4.69) is 25.6 Å². The van der Waals surface area contributed by atoms with Gasteiger partial charge in [-0.15, -0.1) is 0 Å². The van der Waals surface area contributed by atoms with Crippen LogP contribution in [0.5, 0.6) is 0 Å². The Hall–Kier alpha value is -1.05. The molecule has 1 aromatic carbocycles. The number of hydrogen-bond donors (Lipinski definition) is 1. The minimum absolute atomic E-state index is 0.000301. The van der Waals surface area contributed by atoms with Crippen molar-refractivity contribution in [2.75, 3.05) is 4.72 Å². The largest absolute Gasteiger partial charge is 0.334 e. The number of sulfonamides is 1. The van der Waals surface area contributed by atoms with Crippen LogP contribution in [0.1, 0.15) is 19.2 Å². The summed E-state index contributed by atoms with van der Waals surface area (Å²) >= 11 is 9.22. The fourth-order valence-corrected chi connectivity index (χ4v) is 3.61. The molecule has 1 aromatic heterocycles. The fraction of sp³-hybridized carbons (Fsp3) is 0.308. The van der Waals surface area contributed by atoms with Crippen molar-refractivity contribution in [1.29, 1.82) is 0 Å². The van der Waals surface area contributed by atoms with E-state index in [1.165, 1.54) is 0 Å². The van der Waals surface area contributed by atoms with Crippen molar-refractivity contribution in [3.63, 3.8) is 0 Å². The number of rotatable bonds is 5. The quantitative estimate of drug-likeness (QED) is 0.841. The molecule has 1 heterocycles. The number of anilines is 1. The molecular formula is C13H15BrClN3O2S. The summed E-state index contributed by atoms with van der Waals surface area (Å²) in [5, 5.41) is 0.434. The maximum Gasteiger partial charge on any atom is 0.280 e. The van der Waals surface area contributed by atoms with Crippen LogP contribution in [-0.2, 0) is 16.6 Å². The second-order valence-electron chi connectivity index (χ2n) is 4.53. The van der Waals surface area contributed by atoms with Crippen molar-refractivity contribution in [2.45, 2.75) is 31.8 Å². The van der Waals surface area contributed by atoms with Gasteiger partial charge in [0.25, 0.3) is 10.0 Å². The molecule has 0 unspecified atom stereocenters. The van der Waals surface area contributed by atoms with Gasteiger partial charge in [-0.25, -0.2) is 4.98 Å². The smallest absolute Gasteiger partial charge is 0.280 e. The number of nitrogens with one attached hydrogen (secondary N) is 1. The molecule has 0 amide bonds. The zero-order chi connectivity index (χ0) is 15.6. The molecule has 2 aromatic rings. The van der Waals surface area contributed by atoms with E-state index in [4.69, 9.17) is 11.6 Å². The zero-order valence-electron chi connectivity index (χ0n) is 11.6. The first kappa shape index (κ1) is 16.3. The summed E-state index contributed by atoms with van der Waals surface area (Å²) in [5.41, 5.74) is 0.380. The molecule has 0 spiro atoms. The van der Waals surface area contributed by atoms with Gasteiger partial charge in [-0.3, -0.25) is 4.72 Å². The highest BCUT2D eigenvalue weighted by Crippen LogP contribution is 2.31. The van der Waals surface area contributed by atoms with Gasteiger partial charge in [0, 0.05) is 12.7 Å². The van der Waals surface area contributed by atoms with Crippen molar-refractivity contribution in [1.82, 2.24) is 9.55 Å². The van der Waals surface area contributed by atoms with Crippen LogP contribution in [0.2, 0.25) is 5.02 Å². The van der Waals surface area contributed by atoms with E-state index in [9.17, 15) is 8.42 Å². The molecule has 8 heteroatoms. The Bertz CT molecular complexity index is 759. The average molecular weight is 393 g/mol. The highest BCUT2D eigenvalue weighted by molar-refractivity contribution is 9.10. The molecular weight excluding hydrogens is 378 g/mol. The van der Waals surface area contributed by atoms with Crippen LogP contribution < -0.4 is 4.72 Å². The van der Waals surface area contributed by atoms with Gasteiger partial charge in [-0.05, 0) is 41.4 Å². The summed E-state index contributed by atoms with van der Waals surface area (Å²) in [7, 11) is -3.74. The van der Waals surface area contributed by atoms with Gasteiger partial charge >= 0.3 is 0 Å². The number of aryl methyl sites for hydroxylation is 2. The van der Waals surface area contributed by atoms with Gasteiger partial charge in [0.1, 0.15) is 5.82 Å². The fourth-order valence-electron chi connectivity index (χ4n) is 1.86. The van der Waals surface area contributed by atoms with E-state index >= 15 is 0 Å². The monoisotopic (exact) mass is 391 g/mol. The standard InChI is InChI=1S/C13H15BrClN3O2S/c1-3-7-18-8-12(16-9(18)2)21(19,20)17-11-6-4-5-10(15)13(11)14/h4-6,8,17H,3,7H2,1-2H3. The normalized spacial score (nSPS) is 11.6. The zero-order valence-corrected chi connectivity index (χ0v) is 14.8. The van der Waals surface area contributed by atoms with Gasteiger partial charge in [0.2, 0.25) is 0 Å². The molecule has 0 saturated heterocycles. The maximum atomic E-state index is 12.4. The number of halogens is 2. The highest BCUT2D eigenvalue weighted by atomic mass is 79.9. The van der Waals surface area contributed by atoms with Gasteiger partial charge in [-0.1, -0.05) is 24.6 Å². The highest BCUT2D eigenvalue weighted by Gasteiger charge is 2.20. The lowest BCUT2D eigenvalue weighted by Crippen LogP contribution is -2.14. The molecule has 21 heavy (non-hydrogen) atoms. The molecule has 114 valence electrons. The molecule has 0 radical (unpaired) electrons. The third kappa shape index (κ3) is 3.59. The second kappa shape index (κ2) is 6.37. The lowest BCUT2D eigenvalue weighted by Gasteiger charge is -2.08. The summed E-state index contributed by atoms with van der Waals surface area (Å²) in [5.74, 6) is 0.669. The summed E-state index contributed by atoms with van der Waals surface area (Å²) < 4.78 is 29.6. The SMILES string of the molecule is CCCn1cc(S(=O)(=O)Nc2cccc(Cl)c2Br)nc1C. The predicted octanol–water partition coefficient (Wildman–Crippen LogP) is 3.82. The molecule has 0 saturated carbocycles. The van der Waals surface area contributed by atoms with E-state index in [1.54, 1.807) is 31.3 Å². The van der Waals surface area contributed by atoms with Crippen LogP contribution in [0, 0.1) is 6.92 Å². The van der Waals surface area contributed by atoms with Crippen LogP contribution >= 0.6 is 27.5 Å². The third-order valence-electron chi connectivity index (χ3n) is 2.89. The lowest BCUT2D eigenvalue weighted by atomic mass is 10.3. The van der Waals surface area contributed by atoms with Crippen molar-refractivity contribution in [3.8, 4) is 0 Å². The van der Waals surface area contributed by atoms with Crippen molar-refractivity contribution in [2.24, 2.45) is 0 Å². The Morgan fingerprint density at radius 2 is 2.14 bits per heavy atom. The molecule has 5 nitrogen and oxygen atoms in total. The number of nitrogens with zero attached hydrogens (tertiary/aromatic N) is 2. The van der Waals surface area contributed by atoms with Crippen LogP contribution in [0.15, 0.2) is 33.9 Å². The van der Waals surface area contributed by atoms with Crippen LogP contribution in [0.4, 0.5) is 5.69 Å². The number of hydrogen-bond acceptors (Lipinski definition) is 3. The topological polar surface area (TPSA) is 64.0 Å². The Labute approximate surface area is 137 Å². The minimum Gasteiger partial charge on any atom is -0.334 e.